The number of hydrogen-bond acceptors (Lipinski definition) is 3. The maximum Gasteiger partial charge on any atom is 0.0253 e. The smallest absolute Gasteiger partial charge is 0.0253 e. The Bertz CT molecular complexity index is 332. The predicted molar refractivity (Wildman–Crippen MR) is 75.5 cm³/mol. The average Bonchev–Trinajstić information content (AvgIpc) is 2.74. The van der Waals surface area contributed by atoms with Crippen LogP contribution >= 0.6 is 11.3 Å². The summed E-state index contributed by atoms with van der Waals surface area (Å²) >= 11 is 1.80. The first kappa shape index (κ1) is 13.1. The average molecular weight is 252 g/mol. The van der Waals surface area contributed by atoms with Crippen LogP contribution < -0.4 is 5.32 Å². The molecule has 1 atom stereocenters. The number of nitrogens with zero attached hydrogens (tertiary/aromatic N) is 1. The molecule has 0 radical (unpaired) electrons. The van der Waals surface area contributed by atoms with Crippen molar-refractivity contribution < 1.29 is 0 Å². The van der Waals surface area contributed by atoms with Gasteiger partial charge in [0.1, 0.15) is 0 Å². The fraction of sp³-hybridized carbons (Fsp3) is 0.714. The van der Waals surface area contributed by atoms with Gasteiger partial charge in [0.05, 0.1) is 0 Å². The van der Waals surface area contributed by atoms with E-state index in [4.69, 9.17) is 0 Å². The van der Waals surface area contributed by atoms with Gasteiger partial charge in [-0.1, -0.05) is 13.3 Å². The highest BCUT2D eigenvalue weighted by Gasteiger charge is 2.31. The molecule has 0 aromatic carbocycles. The Morgan fingerprint density at radius 1 is 1.53 bits per heavy atom. The zero-order chi connectivity index (χ0) is 12.3. The number of thiophene rings is 1. The summed E-state index contributed by atoms with van der Waals surface area (Å²) in [6.07, 6.45) is 2.57. The van der Waals surface area contributed by atoms with Crippen LogP contribution in [0.25, 0.3) is 0 Å². The summed E-state index contributed by atoms with van der Waals surface area (Å²) in [5.74, 6) is 0. The Balaban J connectivity index is 2.02. The molecule has 0 amide bonds. The fourth-order valence-electron chi connectivity index (χ4n) is 2.64. The van der Waals surface area contributed by atoms with Gasteiger partial charge in [0, 0.05) is 31.2 Å². The minimum absolute atomic E-state index is 0.250. The Kier molecular flexibility index (Phi) is 4.23. The molecule has 1 aromatic heterocycles. The van der Waals surface area contributed by atoms with Gasteiger partial charge in [-0.3, -0.25) is 4.90 Å². The first-order valence-electron chi connectivity index (χ1n) is 6.61. The Labute approximate surface area is 109 Å². The van der Waals surface area contributed by atoms with Crippen molar-refractivity contribution in [2.75, 3.05) is 13.1 Å². The third-order valence-electron chi connectivity index (χ3n) is 3.52. The second-order valence-corrected chi connectivity index (χ2v) is 6.52. The summed E-state index contributed by atoms with van der Waals surface area (Å²) in [6.45, 7) is 10.3. The molecule has 2 heterocycles. The van der Waals surface area contributed by atoms with Gasteiger partial charge in [0.2, 0.25) is 0 Å². The summed E-state index contributed by atoms with van der Waals surface area (Å²) < 4.78 is 0. The lowest BCUT2D eigenvalue weighted by Crippen LogP contribution is -2.61. The minimum Gasteiger partial charge on any atom is -0.309 e. The SMILES string of the molecule is CCCC1CNC(C)(C)CN1Cc1ccsc1. The molecule has 96 valence electrons. The summed E-state index contributed by atoms with van der Waals surface area (Å²) in [5.41, 5.74) is 1.72. The van der Waals surface area contributed by atoms with Crippen molar-refractivity contribution in [2.24, 2.45) is 0 Å². The fourth-order valence-corrected chi connectivity index (χ4v) is 3.30. The van der Waals surface area contributed by atoms with E-state index in [0.717, 1.165) is 19.6 Å². The molecule has 1 aliphatic heterocycles. The van der Waals surface area contributed by atoms with Crippen LogP contribution in [0.2, 0.25) is 0 Å². The maximum atomic E-state index is 3.66. The summed E-state index contributed by atoms with van der Waals surface area (Å²) in [6, 6.07) is 2.95. The van der Waals surface area contributed by atoms with E-state index < -0.39 is 0 Å². The number of piperazine rings is 1. The lowest BCUT2D eigenvalue weighted by Gasteiger charge is -2.44. The number of rotatable bonds is 4. The van der Waals surface area contributed by atoms with E-state index in [1.165, 1.54) is 18.4 Å². The van der Waals surface area contributed by atoms with Gasteiger partial charge >= 0.3 is 0 Å². The van der Waals surface area contributed by atoms with Crippen molar-refractivity contribution in [1.82, 2.24) is 10.2 Å². The van der Waals surface area contributed by atoms with E-state index in [0.29, 0.717) is 6.04 Å². The Morgan fingerprint density at radius 3 is 3.00 bits per heavy atom. The number of hydrogen-bond donors (Lipinski definition) is 1. The molecule has 0 aliphatic carbocycles. The van der Waals surface area contributed by atoms with Gasteiger partial charge in [-0.25, -0.2) is 0 Å². The third-order valence-corrected chi connectivity index (χ3v) is 4.25. The Morgan fingerprint density at radius 2 is 2.35 bits per heavy atom. The van der Waals surface area contributed by atoms with E-state index in [2.05, 4.69) is 47.8 Å². The summed E-state index contributed by atoms with van der Waals surface area (Å²) in [4.78, 5) is 2.65. The van der Waals surface area contributed by atoms with Crippen LogP contribution in [0.3, 0.4) is 0 Å². The molecule has 1 N–H and O–H groups in total. The van der Waals surface area contributed by atoms with Crippen LogP contribution in [0.1, 0.15) is 39.2 Å². The predicted octanol–water partition coefficient (Wildman–Crippen LogP) is 3.10. The van der Waals surface area contributed by atoms with Crippen molar-refractivity contribution in [2.45, 2.75) is 51.7 Å². The zero-order valence-electron chi connectivity index (χ0n) is 11.2. The second-order valence-electron chi connectivity index (χ2n) is 5.74. The van der Waals surface area contributed by atoms with Gasteiger partial charge in [0.15, 0.2) is 0 Å². The van der Waals surface area contributed by atoms with E-state index in [9.17, 15) is 0 Å². The summed E-state index contributed by atoms with van der Waals surface area (Å²) in [7, 11) is 0. The second kappa shape index (κ2) is 5.51. The van der Waals surface area contributed by atoms with Crippen LogP contribution in [-0.4, -0.2) is 29.6 Å². The highest BCUT2D eigenvalue weighted by Crippen LogP contribution is 2.21. The molecule has 0 saturated carbocycles. The number of nitrogens with one attached hydrogen (secondary N) is 1. The third kappa shape index (κ3) is 3.54. The summed E-state index contributed by atoms with van der Waals surface area (Å²) in [5, 5.41) is 8.12. The Hall–Kier alpha value is -0.380. The zero-order valence-corrected chi connectivity index (χ0v) is 12.0. The molecular formula is C14H24N2S. The highest BCUT2D eigenvalue weighted by molar-refractivity contribution is 7.07. The topological polar surface area (TPSA) is 15.3 Å². The van der Waals surface area contributed by atoms with Crippen molar-refractivity contribution in [1.29, 1.82) is 0 Å². The molecule has 0 bridgehead atoms. The molecule has 1 fully saturated rings. The minimum atomic E-state index is 0.250. The molecule has 1 aliphatic rings. The van der Waals surface area contributed by atoms with Gasteiger partial charge in [-0.2, -0.15) is 11.3 Å². The molecule has 17 heavy (non-hydrogen) atoms. The van der Waals surface area contributed by atoms with Crippen molar-refractivity contribution in [3.63, 3.8) is 0 Å². The molecule has 1 unspecified atom stereocenters. The van der Waals surface area contributed by atoms with E-state index >= 15 is 0 Å². The van der Waals surface area contributed by atoms with Crippen LogP contribution in [0.15, 0.2) is 16.8 Å². The quantitative estimate of drug-likeness (QED) is 0.886. The largest absolute Gasteiger partial charge is 0.309 e. The van der Waals surface area contributed by atoms with E-state index in [1.807, 2.05) is 0 Å². The monoisotopic (exact) mass is 252 g/mol. The normalized spacial score (nSPS) is 25.0. The standard InChI is InChI=1S/C14H24N2S/c1-4-5-13-8-15-14(2,3)11-16(13)9-12-6-7-17-10-12/h6-7,10,13,15H,4-5,8-9,11H2,1-3H3. The van der Waals surface area contributed by atoms with Crippen molar-refractivity contribution in [3.8, 4) is 0 Å². The molecule has 1 saturated heterocycles. The van der Waals surface area contributed by atoms with Gasteiger partial charge in [0.25, 0.3) is 0 Å². The van der Waals surface area contributed by atoms with Gasteiger partial charge in [-0.05, 0) is 42.7 Å². The van der Waals surface area contributed by atoms with Crippen molar-refractivity contribution in [3.05, 3.63) is 22.4 Å². The molecule has 0 spiro atoms. The van der Waals surface area contributed by atoms with E-state index in [1.54, 1.807) is 11.3 Å². The van der Waals surface area contributed by atoms with Crippen molar-refractivity contribution >= 4 is 11.3 Å². The van der Waals surface area contributed by atoms with Gasteiger partial charge in [-0.15, -0.1) is 0 Å². The molecule has 2 nitrogen and oxygen atoms in total. The molecular weight excluding hydrogens is 228 g/mol. The van der Waals surface area contributed by atoms with Gasteiger partial charge < -0.3 is 5.32 Å². The first-order chi connectivity index (χ1) is 8.11. The molecule has 2 rings (SSSR count). The lowest BCUT2D eigenvalue weighted by molar-refractivity contribution is 0.0828. The van der Waals surface area contributed by atoms with Crippen LogP contribution in [0.4, 0.5) is 0 Å². The maximum absolute atomic E-state index is 3.66. The highest BCUT2D eigenvalue weighted by atomic mass is 32.1. The van der Waals surface area contributed by atoms with Crippen LogP contribution in [-0.2, 0) is 6.54 Å². The first-order valence-corrected chi connectivity index (χ1v) is 7.55. The van der Waals surface area contributed by atoms with Crippen LogP contribution in [0.5, 0.6) is 0 Å². The lowest BCUT2D eigenvalue weighted by atomic mass is 9.96. The van der Waals surface area contributed by atoms with E-state index in [-0.39, 0.29) is 5.54 Å². The molecule has 3 heteroatoms. The molecule has 1 aromatic rings. The van der Waals surface area contributed by atoms with Crippen LogP contribution in [0, 0.1) is 0 Å².